The SMILES string of the molecule is C#CCNC(C#N)c1cc(F)cc(F)c1. The van der Waals surface area contributed by atoms with Crippen molar-refractivity contribution in [1.29, 1.82) is 5.26 Å². The molecule has 1 rings (SSSR count). The van der Waals surface area contributed by atoms with Crippen molar-refractivity contribution < 1.29 is 8.78 Å². The van der Waals surface area contributed by atoms with E-state index < -0.39 is 17.7 Å². The van der Waals surface area contributed by atoms with E-state index in [1.807, 2.05) is 6.07 Å². The lowest BCUT2D eigenvalue weighted by Crippen LogP contribution is -2.20. The van der Waals surface area contributed by atoms with Gasteiger partial charge >= 0.3 is 0 Å². The Hall–Kier alpha value is -1.91. The van der Waals surface area contributed by atoms with Gasteiger partial charge in [0.05, 0.1) is 12.6 Å². The van der Waals surface area contributed by atoms with Crippen molar-refractivity contribution in [3.05, 3.63) is 35.4 Å². The molecule has 0 saturated carbocycles. The molecule has 0 amide bonds. The summed E-state index contributed by atoms with van der Waals surface area (Å²) in [7, 11) is 0. The number of hydrogen-bond donors (Lipinski definition) is 1. The molecule has 0 heterocycles. The Bertz CT molecular complexity index is 409. The Kier molecular flexibility index (Phi) is 3.79. The van der Waals surface area contributed by atoms with Crippen LogP contribution in [0, 0.1) is 35.3 Å². The van der Waals surface area contributed by atoms with Crippen LogP contribution in [0.1, 0.15) is 11.6 Å². The number of benzene rings is 1. The lowest BCUT2D eigenvalue weighted by Gasteiger charge is -2.09. The van der Waals surface area contributed by atoms with Crippen LogP contribution in [0.5, 0.6) is 0 Å². The normalized spacial score (nSPS) is 11.5. The highest BCUT2D eigenvalue weighted by molar-refractivity contribution is 5.25. The average molecular weight is 206 g/mol. The maximum atomic E-state index is 12.8. The third-order valence-electron chi connectivity index (χ3n) is 1.76. The number of nitriles is 1. The number of nitrogens with one attached hydrogen (secondary N) is 1. The van der Waals surface area contributed by atoms with Gasteiger partial charge < -0.3 is 0 Å². The van der Waals surface area contributed by atoms with Gasteiger partial charge in [-0.2, -0.15) is 5.26 Å². The largest absolute Gasteiger partial charge is 0.287 e. The summed E-state index contributed by atoms with van der Waals surface area (Å²) < 4.78 is 25.7. The number of rotatable bonds is 3. The Morgan fingerprint density at radius 1 is 1.33 bits per heavy atom. The molecule has 0 radical (unpaired) electrons. The fraction of sp³-hybridized carbons (Fsp3) is 0.182. The van der Waals surface area contributed by atoms with Crippen molar-refractivity contribution >= 4 is 0 Å². The van der Waals surface area contributed by atoms with Crippen molar-refractivity contribution in [3.63, 3.8) is 0 Å². The zero-order valence-corrected chi connectivity index (χ0v) is 7.80. The van der Waals surface area contributed by atoms with Gasteiger partial charge in [0.25, 0.3) is 0 Å². The Morgan fingerprint density at radius 3 is 2.40 bits per heavy atom. The molecule has 1 aromatic carbocycles. The van der Waals surface area contributed by atoms with Crippen LogP contribution in [0.25, 0.3) is 0 Å². The van der Waals surface area contributed by atoms with Crippen molar-refractivity contribution in [2.75, 3.05) is 6.54 Å². The molecule has 1 atom stereocenters. The molecule has 2 nitrogen and oxygen atoms in total. The number of hydrogen-bond acceptors (Lipinski definition) is 2. The average Bonchev–Trinajstić information content (AvgIpc) is 2.17. The first-order valence-corrected chi connectivity index (χ1v) is 4.20. The van der Waals surface area contributed by atoms with Gasteiger partial charge in [0.15, 0.2) is 0 Å². The summed E-state index contributed by atoms with van der Waals surface area (Å²) in [5.74, 6) is 0.852. The fourth-order valence-corrected chi connectivity index (χ4v) is 1.14. The molecule has 1 aromatic rings. The lowest BCUT2D eigenvalue weighted by atomic mass is 10.1. The van der Waals surface area contributed by atoms with Crippen LogP contribution in [0.3, 0.4) is 0 Å². The van der Waals surface area contributed by atoms with Crippen LogP contribution in [-0.2, 0) is 0 Å². The van der Waals surface area contributed by atoms with Crippen LogP contribution < -0.4 is 5.32 Å². The van der Waals surface area contributed by atoms with Gasteiger partial charge in [-0.15, -0.1) is 6.42 Å². The van der Waals surface area contributed by atoms with E-state index in [0.29, 0.717) is 0 Å². The molecule has 0 aromatic heterocycles. The third-order valence-corrected chi connectivity index (χ3v) is 1.76. The first-order chi connectivity index (χ1) is 7.17. The van der Waals surface area contributed by atoms with Crippen LogP contribution in [0.15, 0.2) is 18.2 Å². The Balaban J connectivity index is 2.93. The molecule has 1 unspecified atom stereocenters. The van der Waals surface area contributed by atoms with E-state index in [4.69, 9.17) is 11.7 Å². The van der Waals surface area contributed by atoms with E-state index in [-0.39, 0.29) is 12.1 Å². The second kappa shape index (κ2) is 5.09. The molecule has 0 spiro atoms. The van der Waals surface area contributed by atoms with E-state index in [0.717, 1.165) is 18.2 Å². The fourth-order valence-electron chi connectivity index (χ4n) is 1.14. The minimum absolute atomic E-state index is 0.163. The smallest absolute Gasteiger partial charge is 0.126 e. The number of terminal acetylenes is 1. The van der Waals surface area contributed by atoms with E-state index >= 15 is 0 Å². The van der Waals surface area contributed by atoms with Crippen molar-refractivity contribution in [1.82, 2.24) is 5.32 Å². The minimum Gasteiger partial charge on any atom is -0.287 e. The summed E-state index contributed by atoms with van der Waals surface area (Å²) in [6, 6.07) is 4.01. The zero-order valence-electron chi connectivity index (χ0n) is 7.80. The topological polar surface area (TPSA) is 35.8 Å². The monoisotopic (exact) mass is 206 g/mol. The van der Waals surface area contributed by atoms with Gasteiger partial charge in [-0.05, 0) is 17.7 Å². The molecular weight excluding hydrogens is 198 g/mol. The van der Waals surface area contributed by atoms with Gasteiger partial charge in [0.2, 0.25) is 0 Å². The van der Waals surface area contributed by atoms with E-state index in [9.17, 15) is 8.78 Å². The molecule has 0 aliphatic carbocycles. The van der Waals surface area contributed by atoms with Gasteiger partial charge in [0.1, 0.15) is 17.7 Å². The van der Waals surface area contributed by atoms with Crippen molar-refractivity contribution in [3.8, 4) is 18.4 Å². The molecule has 4 heteroatoms. The second-order valence-corrected chi connectivity index (χ2v) is 2.85. The highest BCUT2D eigenvalue weighted by atomic mass is 19.1. The van der Waals surface area contributed by atoms with Crippen molar-refractivity contribution in [2.24, 2.45) is 0 Å². The van der Waals surface area contributed by atoms with Crippen LogP contribution in [0.4, 0.5) is 8.78 Å². The Morgan fingerprint density at radius 2 is 1.93 bits per heavy atom. The maximum Gasteiger partial charge on any atom is 0.126 e. The van der Waals surface area contributed by atoms with Crippen molar-refractivity contribution in [2.45, 2.75) is 6.04 Å². The molecular formula is C11H8F2N2. The Labute approximate surface area is 86.5 Å². The standard InChI is InChI=1S/C11H8F2N2/c1-2-3-15-11(7-14)8-4-9(12)6-10(13)5-8/h1,4-6,11,15H,3H2. The van der Waals surface area contributed by atoms with Crippen LogP contribution >= 0.6 is 0 Å². The molecule has 0 bridgehead atoms. The third kappa shape index (κ3) is 3.05. The maximum absolute atomic E-state index is 12.8. The molecule has 0 saturated heterocycles. The van der Waals surface area contributed by atoms with E-state index in [1.54, 1.807) is 0 Å². The summed E-state index contributed by atoms with van der Waals surface area (Å²) >= 11 is 0. The first kappa shape index (κ1) is 11.2. The van der Waals surface area contributed by atoms with E-state index in [1.165, 1.54) is 0 Å². The molecule has 0 fully saturated rings. The van der Waals surface area contributed by atoms with Crippen LogP contribution in [-0.4, -0.2) is 6.54 Å². The quantitative estimate of drug-likeness (QED) is 0.765. The molecule has 0 aliphatic heterocycles. The van der Waals surface area contributed by atoms with Crippen LogP contribution in [0.2, 0.25) is 0 Å². The van der Waals surface area contributed by atoms with Gasteiger partial charge in [-0.1, -0.05) is 5.92 Å². The lowest BCUT2D eigenvalue weighted by molar-refractivity contribution is 0.572. The number of halogens is 2. The minimum atomic E-state index is -0.800. The highest BCUT2D eigenvalue weighted by Crippen LogP contribution is 2.15. The molecule has 0 aliphatic rings. The molecule has 1 N–H and O–H groups in total. The summed E-state index contributed by atoms with van der Waals surface area (Å²) in [6.45, 7) is 0.163. The highest BCUT2D eigenvalue weighted by Gasteiger charge is 2.11. The predicted octanol–water partition coefficient (Wildman–Crippen LogP) is 1.75. The summed E-state index contributed by atoms with van der Waals surface area (Å²) in [5.41, 5.74) is 0.227. The summed E-state index contributed by atoms with van der Waals surface area (Å²) in [4.78, 5) is 0. The van der Waals surface area contributed by atoms with Gasteiger partial charge in [-0.3, -0.25) is 5.32 Å². The number of nitrogens with zero attached hydrogens (tertiary/aromatic N) is 1. The molecule has 76 valence electrons. The summed E-state index contributed by atoms with van der Waals surface area (Å²) in [6.07, 6.45) is 5.00. The van der Waals surface area contributed by atoms with Gasteiger partial charge in [-0.25, -0.2) is 8.78 Å². The van der Waals surface area contributed by atoms with E-state index in [2.05, 4.69) is 11.2 Å². The second-order valence-electron chi connectivity index (χ2n) is 2.85. The first-order valence-electron chi connectivity index (χ1n) is 4.20. The zero-order chi connectivity index (χ0) is 11.3. The predicted molar refractivity (Wildman–Crippen MR) is 51.5 cm³/mol. The summed E-state index contributed by atoms with van der Waals surface area (Å²) in [5, 5.41) is 11.4. The van der Waals surface area contributed by atoms with Gasteiger partial charge in [0, 0.05) is 6.07 Å². The molecule has 15 heavy (non-hydrogen) atoms.